The Kier molecular flexibility index (Phi) is 8.00. The first kappa shape index (κ1) is 21.0. The van der Waals surface area contributed by atoms with Crippen LogP contribution in [0.3, 0.4) is 0 Å². The van der Waals surface area contributed by atoms with E-state index in [2.05, 4.69) is 25.5 Å². The Balaban J connectivity index is 1.67. The van der Waals surface area contributed by atoms with Gasteiger partial charge in [0.15, 0.2) is 0 Å². The lowest BCUT2D eigenvalue weighted by atomic mass is 10.0. The van der Waals surface area contributed by atoms with Gasteiger partial charge in [-0.1, -0.05) is 0 Å². The van der Waals surface area contributed by atoms with Gasteiger partial charge < -0.3 is 20.1 Å². The number of aryl methyl sites for hydroxylation is 1. The molecule has 0 radical (unpaired) electrons. The molecule has 0 saturated carbocycles. The number of anilines is 1. The molecular weight excluding hydrogens is 358 g/mol. The molecule has 0 bridgehead atoms. The summed E-state index contributed by atoms with van der Waals surface area (Å²) >= 11 is 0. The third-order valence-electron chi connectivity index (χ3n) is 5.58. The van der Waals surface area contributed by atoms with Crippen molar-refractivity contribution in [1.29, 1.82) is 0 Å². The summed E-state index contributed by atoms with van der Waals surface area (Å²) in [6.45, 7) is 6.31. The fourth-order valence-electron chi connectivity index (χ4n) is 4.07. The Morgan fingerprint density at radius 3 is 2.86 bits per heavy atom. The summed E-state index contributed by atoms with van der Waals surface area (Å²) in [5.74, 6) is 1.74. The molecule has 3 rings (SSSR count). The molecule has 1 amide bonds. The van der Waals surface area contributed by atoms with Crippen molar-refractivity contribution in [3.63, 3.8) is 0 Å². The molecule has 2 saturated heterocycles. The van der Waals surface area contributed by atoms with Crippen LogP contribution in [-0.4, -0.2) is 79.4 Å². The second-order valence-corrected chi connectivity index (χ2v) is 7.69. The van der Waals surface area contributed by atoms with Crippen molar-refractivity contribution in [2.24, 2.45) is 5.92 Å². The van der Waals surface area contributed by atoms with Crippen molar-refractivity contribution in [3.8, 4) is 0 Å². The Hall–Kier alpha value is -1.77. The van der Waals surface area contributed by atoms with Gasteiger partial charge in [0.1, 0.15) is 11.6 Å². The molecule has 0 spiro atoms. The lowest BCUT2D eigenvalue weighted by molar-refractivity contribution is -0.126. The maximum absolute atomic E-state index is 12.7. The van der Waals surface area contributed by atoms with E-state index in [1.54, 1.807) is 13.3 Å². The maximum atomic E-state index is 12.7. The largest absolute Gasteiger partial charge is 0.383 e. The van der Waals surface area contributed by atoms with Gasteiger partial charge >= 0.3 is 0 Å². The minimum Gasteiger partial charge on any atom is -0.383 e. The van der Waals surface area contributed by atoms with E-state index in [1.165, 1.54) is 0 Å². The monoisotopic (exact) mass is 391 g/mol. The van der Waals surface area contributed by atoms with Crippen molar-refractivity contribution >= 4 is 11.7 Å². The van der Waals surface area contributed by atoms with E-state index in [0.29, 0.717) is 19.2 Å². The van der Waals surface area contributed by atoms with Crippen LogP contribution >= 0.6 is 0 Å². The fourth-order valence-corrected chi connectivity index (χ4v) is 4.07. The summed E-state index contributed by atoms with van der Waals surface area (Å²) in [5.41, 5.74) is 0. The molecule has 2 fully saturated rings. The van der Waals surface area contributed by atoms with Gasteiger partial charge in [0.2, 0.25) is 5.91 Å². The Bertz CT molecular complexity index is 624. The standard InChI is InChI=1S/C20H33N5O3/c1-15-21-8-5-19(23-15)24-17-4-3-16(20(26)22-9-12-27-2)13-25(14-17)18-6-10-28-11-7-18/h5,8,16-18H,3-4,6-7,9-14H2,1-2H3,(H,22,26)(H,21,23,24)/t16-,17+/m1/s1. The second-order valence-electron chi connectivity index (χ2n) is 7.69. The molecule has 2 aliphatic rings. The summed E-state index contributed by atoms with van der Waals surface area (Å²) in [5, 5.41) is 6.59. The number of nitrogens with one attached hydrogen (secondary N) is 2. The van der Waals surface area contributed by atoms with Gasteiger partial charge in [-0.25, -0.2) is 9.97 Å². The van der Waals surface area contributed by atoms with E-state index >= 15 is 0 Å². The van der Waals surface area contributed by atoms with E-state index < -0.39 is 0 Å². The minimum absolute atomic E-state index is 0.00126. The first-order valence-corrected chi connectivity index (χ1v) is 10.3. The summed E-state index contributed by atoms with van der Waals surface area (Å²) in [6.07, 6.45) is 5.63. The fraction of sp³-hybridized carbons (Fsp3) is 0.750. The zero-order chi connectivity index (χ0) is 19.8. The topological polar surface area (TPSA) is 88.6 Å². The normalized spacial score (nSPS) is 24.5. The van der Waals surface area contributed by atoms with Crippen molar-refractivity contribution in [2.45, 2.75) is 44.7 Å². The van der Waals surface area contributed by atoms with E-state index in [0.717, 1.165) is 63.6 Å². The predicted molar refractivity (Wildman–Crippen MR) is 107 cm³/mol. The Labute approximate surface area is 167 Å². The van der Waals surface area contributed by atoms with Crippen molar-refractivity contribution in [3.05, 3.63) is 18.1 Å². The first-order chi connectivity index (χ1) is 13.7. The highest BCUT2D eigenvalue weighted by atomic mass is 16.5. The van der Waals surface area contributed by atoms with E-state index in [-0.39, 0.29) is 17.9 Å². The lowest BCUT2D eigenvalue weighted by Crippen LogP contribution is -2.47. The number of ether oxygens (including phenoxy) is 2. The highest BCUT2D eigenvalue weighted by Gasteiger charge is 2.32. The van der Waals surface area contributed by atoms with Gasteiger partial charge in [0.05, 0.1) is 12.5 Å². The third kappa shape index (κ3) is 6.12. The molecule has 0 aliphatic carbocycles. The number of hydrogen-bond donors (Lipinski definition) is 2. The summed E-state index contributed by atoms with van der Waals surface area (Å²) < 4.78 is 10.6. The number of amides is 1. The highest BCUT2D eigenvalue weighted by Crippen LogP contribution is 2.24. The zero-order valence-electron chi connectivity index (χ0n) is 17.0. The smallest absolute Gasteiger partial charge is 0.224 e. The van der Waals surface area contributed by atoms with Crippen LogP contribution in [0.1, 0.15) is 31.5 Å². The van der Waals surface area contributed by atoms with Crippen LogP contribution in [0, 0.1) is 12.8 Å². The summed E-state index contributed by atoms with van der Waals surface area (Å²) in [7, 11) is 1.65. The maximum Gasteiger partial charge on any atom is 0.224 e. The van der Waals surface area contributed by atoms with Gasteiger partial charge in [-0.15, -0.1) is 0 Å². The molecule has 0 unspecified atom stereocenters. The van der Waals surface area contributed by atoms with Gasteiger partial charge in [-0.2, -0.15) is 0 Å². The van der Waals surface area contributed by atoms with E-state index in [1.807, 2.05) is 13.0 Å². The molecule has 2 aliphatic heterocycles. The molecule has 2 atom stereocenters. The van der Waals surface area contributed by atoms with Crippen LogP contribution in [0.4, 0.5) is 5.82 Å². The lowest BCUT2D eigenvalue weighted by Gasteiger charge is -2.36. The minimum atomic E-state index is -0.00126. The molecule has 28 heavy (non-hydrogen) atoms. The number of hydrogen-bond acceptors (Lipinski definition) is 7. The molecule has 2 N–H and O–H groups in total. The van der Waals surface area contributed by atoms with Crippen LogP contribution in [0.5, 0.6) is 0 Å². The van der Waals surface area contributed by atoms with Crippen LogP contribution in [0.2, 0.25) is 0 Å². The highest BCUT2D eigenvalue weighted by molar-refractivity contribution is 5.78. The second kappa shape index (κ2) is 10.7. The number of methoxy groups -OCH3 is 1. The van der Waals surface area contributed by atoms with Crippen LogP contribution in [0.15, 0.2) is 12.3 Å². The zero-order valence-corrected chi connectivity index (χ0v) is 17.0. The Morgan fingerprint density at radius 1 is 1.29 bits per heavy atom. The summed E-state index contributed by atoms with van der Waals surface area (Å²) in [6, 6.07) is 2.64. The summed E-state index contributed by atoms with van der Waals surface area (Å²) in [4.78, 5) is 23.9. The molecule has 1 aromatic rings. The van der Waals surface area contributed by atoms with E-state index in [4.69, 9.17) is 9.47 Å². The first-order valence-electron chi connectivity index (χ1n) is 10.3. The number of nitrogens with zero attached hydrogens (tertiary/aromatic N) is 3. The molecule has 8 heteroatoms. The Morgan fingerprint density at radius 2 is 2.11 bits per heavy atom. The van der Waals surface area contributed by atoms with Gasteiger partial charge in [0.25, 0.3) is 0 Å². The van der Waals surface area contributed by atoms with Crippen LogP contribution in [-0.2, 0) is 14.3 Å². The molecular formula is C20H33N5O3. The molecule has 8 nitrogen and oxygen atoms in total. The van der Waals surface area contributed by atoms with Crippen LogP contribution < -0.4 is 10.6 Å². The molecule has 3 heterocycles. The molecule has 1 aromatic heterocycles. The van der Waals surface area contributed by atoms with Gasteiger partial charge in [-0.3, -0.25) is 9.69 Å². The number of aromatic nitrogens is 2. The third-order valence-corrected chi connectivity index (χ3v) is 5.58. The number of carbonyl (C=O) groups excluding carboxylic acids is 1. The van der Waals surface area contributed by atoms with Crippen LogP contribution in [0.25, 0.3) is 0 Å². The van der Waals surface area contributed by atoms with E-state index in [9.17, 15) is 4.79 Å². The molecule has 0 aromatic carbocycles. The number of carbonyl (C=O) groups is 1. The van der Waals surface area contributed by atoms with Crippen molar-refractivity contribution in [2.75, 3.05) is 51.9 Å². The van der Waals surface area contributed by atoms with Gasteiger partial charge in [-0.05, 0) is 38.7 Å². The van der Waals surface area contributed by atoms with Crippen molar-refractivity contribution < 1.29 is 14.3 Å². The predicted octanol–water partition coefficient (Wildman–Crippen LogP) is 1.22. The SMILES string of the molecule is COCCNC(=O)[C@@H]1CC[C@H](Nc2ccnc(C)n2)CN(C2CCOCC2)C1. The number of rotatable bonds is 7. The molecule has 156 valence electrons. The number of likely N-dealkylation sites (tertiary alicyclic amines) is 1. The average molecular weight is 392 g/mol. The quantitative estimate of drug-likeness (QED) is 0.676. The van der Waals surface area contributed by atoms with Crippen molar-refractivity contribution in [1.82, 2.24) is 20.2 Å². The average Bonchev–Trinajstić information content (AvgIpc) is 2.92. The van der Waals surface area contributed by atoms with Gasteiger partial charge in [0, 0.05) is 58.2 Å².